The summed E-state index contributed by atoms with van der Waals surface area (Å²) in [5.74, 6) is 1.51. The van der Waals surface area contributed by atoms with Crippen LogP contribution in [0.1, 0.15) is 39.7 Å². The Morgan fingerprint density at radius 2 is 2.15 bits per heavy atom. The molecule has 0 aromatic carbocycles. The van der Waals surface area contributed by atoms with E-state index in [-0.39, 0.29) is 0 Å². The van der Waals surface area contributed by atoms with Gasteiger partial charge in [-0.15, -0.1) is 0 Å². The van der Waals surface area contributed by atoms with Crippen LogP contribution >= 0.6 is 0 Å². The maximum absolute atomic E-state index is 4.62. The van der Waals surface area contributed by atoms with Crippen LogP contribution in [0.3, 0.4) is 0 Å². The lowest BCUT2D eigenvalue weighted by molar-refractivity contribution is 0.481. The number of aryl methyl sites for hydroxylation is 2. The highest BCUT2D eigenvalue weighted by Crippen LogP contribution is 2.02. The Kier molecular flexibility index (Phi) is 7.12. The molecule has 1 aromatic heterocycles. The van der Waals surface area contributed by atoms with E-state index in [9.17, 15) is 0 Å². The molecular formula is C15H29N5. The van der Waals surface area contributed by atoms with Crippen molar-refractivity contribution in [2.75, 3.05) is 13.1 Å². The van der Waals surface area contributed by atoms with Gasteiger partial charge in [0.1, 0.15) is 0 Å². The van der Waals surface area contributed by atoms with E-state index in [0.29, 0.717) is 12.0 Å². The van der Waals surface area contributed by atoms with Crippen LogP contribution in [-0.4, -0.2) is 34.9 Å². The zero-order chi connectivity index (χ0) is 15.0. The molecule has 1 rings (SSSR count). The minimum atomic E-state index is 0.422. The van der Waals surface area contributed by atoms with Crippen molar-refractivity contribution in [3.8, 4) is 0 Å². The van der Waals surface area contributed by atoms with Gasteiger partial charge < -0.3 is 10.6 Å². The van der Waals surface area contributed by atoms with Gasteiger partial charge in [-0.2, -0.15) is 5.10 Å². The minimum Gasteiger partial charge on any atom is -0.357 e. The number of hydrogen-bond donors (Lipinski definition) is 2. The second kappa shape index (κ2) is 8.61. The van der Waals surface area contributed by atoms with Crippen LogP contribution in [0, 0.1) is 5.92 Å². The minimum absolute atomic E-state index is 0.422. The van der Waals surface area contributed by atoms with E-state index < -0.39 is 0 Å². The summed E-state index contributed by atoms with van der Waals surface area (Å²) in [5.41, 5.74) is 1.27. The van der Waals surface area contributed by atoms with Crippen LogP contribution in [0.25, 0.3) is 0 Å². The first-order chi connectivity index (χ1) is 9.52. The molecule has 1 aromatic rings. The fraction of sp³-hybridized carbons (Fsp3) is 0.733. The van der Waals surface area contributed by atoms with Gasteiger partial charge in [0.05, 0.1) is 6.20 Å². The Balaban J connectivity index is 2.38. The molecule has 5 nitrogen and oxygen atoms in total. The molecule has 0 aliphatic carbocycles. The molecule has 20 heavy (non-hydrogen) atoms. The van der Waals surface area contributed by atoms with Crippen molar-refractivity contribution in [1.82, 2.24) is 20.4 Å². The largest absolute Gasteiger partial charge is 0.357 e. The maximum Gasteiger partial charge on any atom is 0.191 e. The molecular weight excluding hydrogens is 250 g/mol. The maximum atomic E-state index is 4.62. The molecule has 0 radical (unpaired) electrons. The Bertz CT molecular complexity index is 408. The number of hydrogen-bond acceptors (Lipinski definition) is 2. The predicted octanol–water partition coefficient (Wildman–Crippen LogP) is 1.95. The van der Waals surface area contributed by atoms with Crippen LogP contribution < -0.4 is 10.6 Å². The molecule has 1 atom stereocenters. The Hall–Kier alpha value is -1.52. The molecule has 5 heteroatoms. The molecule has 0 amide bonds. The van der Waals surface area contributed by atoms with Crippen LogP contribution in [0.15, 0.2) is 17.4 Å². The zero-order valence-corrected chi connectivity index (χ0v) is 13.5. The van der Waals surface area contributed by atoms with Gasteiger partial charge in [-0.25, -0.2) is 0 Å². The van der Waals surface area contributed by atoms with Crippen molar-refractivity contribution in [1.29, 1.82) is 0 Å². The summed E-state index contributed by atoms with van der Waals surface area (Å²) in [5, 5.41) is 10.9. The van der Waals surface area contributed by atoms with Gasteiger partial charge in [0, 0.05) is 32.4 Å². The first-order valence-corrected chi connectivity index (χ1v) is 7.55. The summed E-state index contributed by atoms with van der Waals surface area (Å²) in [6.45, 7) is 10.4. The highest BCUT2D eigenvalue weighted by Gasteiger charge is 2.08. The molecule has 0 saturated heterocycles. The van der Waals surface area contributed by atoms with Crippen molar-refractivity contribution < 1.29 is 0 Å². The molecule has 0 fully saturated rings. The van der Waals surface area contributed by atoms with Gasteiger partial charge in [-0.1, -0.05) is 13.8 Å². The van der Waals surface area contributed by atoms with E-state index in [0.717, 1.165) is 31.9 Å². The normalized spacial score (nSPS) is 13.6. The number of rotatable bonds is 7. The van der Waals surface area contributed by atoms with Crippen LogP contribution in [0.2, 0.25) is 0 Å². The molecule has 0 bridgehead atoms. The Morgan fingerprint density at radius 3 is 2.70 bits per heavy atom. The highest BCUT2D eigenvalue weighted by molar-refractivity contribution is 5.80. The average Bonchev–Trinajstić information content (AvgIpc) is 2.80. The quantitative estimate of drug-likeness (QED) is 0.456. The molecule has 0 spiro atoms. The van der Waals surface area contributed by atoms with Gasteiger partial charge in [0.25, 0.3) is 0 Å². The van der Waals surface area contributed by atoms with Crippen LogP contribution in [-0.2, 0) is 13.5 Å². The third-order valence-electron chi connectivity index (χ3n) is 3.36. The average molecular weight is 279 g/mol. The number of guanidine groups is 1. The van der Waals surface area contributed by atoms with Gasteiger partial charge in [-0.05, 0) is 38.2 Å². The summed E-state index contributed by atoms with van der Waals surface area (Å²) in [4.78, 5) is 4.62. The predicted molar refractivity (Wildman–Crippen MR) is 84.9 cm³/mol. The lowest BCUT2D eigenvalue weighted by atomic mass is 10.1. The number of nitrogens with one attached hydrogen (secondary N) is 2. The second-order valence-electron chi connectivity index (χ2n) is 5.56. The molecule has 1 heterocycles. The zero-order valence-electron chi connectivity index (χ0n) is 13.5. The van der Waals surface area contributed by atoms with Crippen LogP contribution in [0.4, 0.5) is 0 Å². The fourth-order valence-electron chi connectivity index (χ4n) is 1.78. The van der Waals surface area contributed by atoms with Gasteiger partial charge in [-0.3, -0.25) is 9.67 Å². The monoisotopic (exact) mass is 279 g/mol. The second-order valence-corrected chi connectivity index (χ2v) is 5.56. The highest BCUT2D eigenvalue weighted by atomic mass is 15.2. The standard InChI is InChI=1S/C15H29N5/c1-6-16-15(19-13(4)12(2)3)17-9-7-8-14-10-18-20(5)11-14/h10-13H,6-9H2,1-5H3,(H2,16,17,19). The third kappa shape index (κ3) is 6.08. The molecule has 0 aliphatic rings. The summed E-state index contributed by atoms with van der Waals surface area (Å²) in [7, 11) is 1.95. The lowest BCUT2D eigenvalue weighted by Crippen LogP contribution is -2.44. The summed E-state index contributed by atoms with van der Waals surface area (Å²) in [6.07, 6.45) is 6.05. The fourth-order valence-corrected chi connectivity index (χ4v) is 1.78. The van der Waals surface area contributed by atoms with Crippen LogP contribution in [0.5, 0.6) is 0 Å². The SMILES string of the molecule is CCNC(=NCCCc1cnn(C)c1)NC(C)C(C)C. The van der Waals surface area contributed by atoms with Gasteiger partial charge in [0.2, 0.25) is 0 Å². The van der Waals surface area contributed by atoms with E-state index in [4.69, 9.17) is 0 Å². The van der Waals surface area contributed by atoms with Crippen molar-refractivity contribution in [3.05, 3.63) is 18.0 Å². The van der Waals surface area contributed by atoms with Crippen molar-refractivity contribution >= 4 is 5.96 Å². The smallest absolute Gasteiger partial charge is 0.191 e. The lowest BCUT2D eigenvalue weighted by Gasteiger charge is -2.20. The summed E-state index contributed by atoms with van der Waals surface area (Å²) in [6, 6.07) is 0.422. The number of nitrogens with zero attached hydrogens (tertiary/aromatic N) is 3. The van der Waals surface area contributed by atoms with Crippen molar-refractivity contribution in [2.24, 2.45) is 18.0 Å². The van der Waals surface area contributed by atoms with Gasteiger partial charge >= 0.3 is 0 Å². The van der Waals surface area contributed by atoms with E-state index in [2.05, 4.69) is 54.6 Å². The summed E-state index contributed by atoms with van der Waals surface area (Å²) < 4.78 is 1.84. The van der Waals surface area contributed by atoms with Crippen molar-refractivity contribution in [2.45, 2.75) is 46.6 Å². The summed E-state index contributed by atoms with van der Waals surface area (Å²) >= 11 is 0. The topological polar surface area (TPSA) is 54.2 Å². The third-order valence-corrected chi connectivity index (χ3v) is 3.36. The van der Waals surface area contributed by atoms with E-state index in [1.165, 1.54) is 5.56 Å². The molecule has 2 N–H and O–H groups in total. The van der Waals surface area contributed by atoms with E-state index in [1.807, 2.05) is 17.9 Å². The van der Waals surface area contributed by atoms with E-state index >= 15 is 0 Å². The first-order valence-electron chi connectivity index (χ1n) is 7.55. The Labute approximate surface area is 122 Å². The number of aliphatic imine (C=N–C) groups is 1. The Morgan fingerprint density at radius 1 is 1.40 bits per heavy atom. The first kappa shape index (κ1) is 16.5. The van der Waals surface area contributed by atoms with Crippen molar-refractivity contribution in [3.63, 3.8) is 0 Å². The van der Waals surface area contributed by atoms with E-state index in [1.54, 1.807) is 0 Å². The van der Waals surface area contributed by atoms with Gasteiger partial charge in [0.15, 0.2) is 5.96 Å². The number of aromatic nitrogens is 2. The molecule has 0 saturated carbocycles. The molecule has 0 aliphatic heterocycles. The molecule has 114 valence electrons. The molecule has 1 unspecified atom stereocenters.